The topological polar surface area (TPSA) is 70.8 Å². The van der Waals surface area contributed by atoms with Gasteiger partial charge in [0, 0.05) is 0 Å². The summed E-state index contributed by atoms with van der Waals surface area (Å²) in [5, 5.41) is 27.1. The van der Waals surface area contributed by atoms with Gasteiger partial charge in [-0.05, 0) is 74.2 Å². The molecular weight excluding hydrogens is 517 g/mol. The van der Waals surface area contributed by atoms with E-state index in [0.29, 0.717) is 0 Å². The smallest absolute Gasteiger partial charge is 0.860 e. The van der Waals surface area contributed by atoms with Crippen LogP contribution in [-0.4, -0.2) is 11.8 Å². The third-order valence-corrected chi connectivity index (χ3v) is 9.33. The van der Waals surface area contributed by atoms with Crippen LogP contribution in [0.25, 0.3) is 0 Å². The molecule has 4 aromatic carbocycles. The molecule has 0 aliphatic carbocycles. The summed E-state index contributed by atoms with van der Waals surface area (Å²) in [5.41, 5.74) is 0. The van der Waals surface area contributed by atoms with Gasteiger partial charge in [0.1, 0.15) is 21.2 Å². The molecule has 0 unspecified atom stereocenters. The summed E-state index contributed by atoms with van der Waals surface area (Å²) in [6.45, 7) is 3.02. The van der Waals surface area contributed by atoms with Crippen molar-refractivity contribution in [2.75, 3.05) is 0 Å². The van der Waals surface area contributed by atoms with Crippen LogP contribution < -0.4 is 31.4 Å². The minimum atomic E-state index is -1.32. The Hall–Kier alpha value is -2.83. The van der Waals surface area contributed by atoms with Gasteiger partial charge in [-0.2, -0.15) is 0 Å². The summed E-state index contributed by atoms with van der Waals surface area (Å²) in [5.74, 6) is -0.210. The zero-order chi connectivity index (χ0) is 24.2. The van der Waals surface area contributed by atoms with Gasteiger partial charge >= 0.3 is 16.5 Å². The fourth-order valence-corrected chi connectivity index (χ4v) is 7.14. The van der Waals surface area contributed by atoms with Gasteiger partial charge < -0.3 is 10.2 Å². The van der Waals surface area contributed by atoms with E-state index in [1.54, 1.807) is 0 Å². The molecule has 0 aliphatic rings. The zero-order valence-corrected chi connectivity index (χ0v) is 22.6. The van der Waals surface area contributed by atoms with Crippen LogP contribution in [0.3, 0.4) is 0 Å². The quantitative estimate of drug-likeness (QED) is 0.162. The largest absolute Gasteiger partial charge is 2.00 e. The monoisotopic (exact) mass is 544 g/mol. The van der Waals surface area contributed by atoms with Gasteiger partial charge in [-0.1, -0.05) is 72.8 Å². The minimum Gasteiger partial charge on any atom is -0.860 e. The zero-order valence-electron chi connectivity index (χ0n) is 19.6. The molecule has 4 rings (SSSR count). The van der Waals surface area contributed by atoms with Crippen molar-refractivity contribution in [3.05, 3.63) is 121 Å². The van der Waals surface area contributed by atoms with Crippen LogP contribution in [0.5, 0.6) is 0 Å². The molecule has 0 heterocycles. The van der Waals surface area contributed by atoms with E-state index >= 15 is 0 Å². The van der Waals surface area contributed by atoms with E-state index in [1.807, 2.05) is 121 Å². The molecule has 0 aliphatic heterocycles. The Balaban J connectivity index is 0.000000240. The van der Waals surface area contributed by atoms with Gasteiger partial charge in [0.2, 0.25) is 0 Å². The molecule has 4 aromatic rings. The van der Waals surface area contributed by atoms with E-state index in [1.165, 1.54) is 13.8 Å². The molecule has 0 radical (unpaired) electrons. The summed E-state index contributed by atoms with van der Waals surface area (Å²) in [6.07, 6.45) is 0. The first-order valence-corrected chi connectivity index (χ1v) is 13.8. The first kappa shape index (κ1) is 28.4. The average Bonchev–Trinajstić information content (AvgIpc) is 2.88. The maximum absolute atomic E-state index is 11.3. The Morgan fingerprint density at radius 1 is 0.457 bits per heavy atom. The summed E-state index contributed by atoms with van der Waals surface area (Å²) in [7, 11) is -2.65. The molecule has 0 bridgehead atoms. The van der Waals surface area contributed by atoms with Gasteiger partial charge in [0.25, 0.3) is 0 Å². The van der Waals surface area contributed by atoms with E-state index in [-0.39, 0.29) is 28.3 Å². The average molecular weight is 545 g/mol. The van der Waals surface area contributed by atoms with Crippen molar-refractivity contribution in [2.24, 2.45) is 9.53 Å². The molecule has 0 atom stereocenters. The van der Waals surface area contributed by atoms with Gasteiger partial charge in [-0.25, -0.2) is 0 Å². The van der Waals surface area contributed by atoms with Crippen molar-refractivity contribution in [3.63, 3.8) is 0 Å². The molecule has 0 N–H and O–H groups in total. The van der Waals surface area contributed by atoms with E-state index in [0.717, 1.165) is 21.2 Å². The van der Waals surface area contributed by atoms with Crippen LogP contribution in [0.15, 0.2) is 131 Å². The van der Waals surface area contributed by atoms with Crippen molar-refractivity contribution in [3.8, 4) is 0 Å². The van der Waals surface area contributed by atoms with Crippen molar-refractivity contribution < 1.29 is 26.7 Å². The molecule has 4 nitrogen and oxygen atoms in total. The van der Waals surface area contributed by atoms with Crippen molar-refractivity contribution in [1.29, 1.82) is 0 Å². The molecular formula is C28H28N2NiO2P2+2. The number of hydrogen-bond donors (Lipinski definition) is 0. The molecule has 0 saturated carbocycles. The summed E-state index contributed by atoms with van der Waals surface area (Å²) < 4.78 is 8.56. The molecule has 0 saturated heterocycles. The summed E-state index contributed by atoms with van der Waals surface area (Å²) in [4.78, 5) is 0. The Morgan fingerprint density at radius 2 is 0.657 bits per heavy atom. The third kappa shape index (κ3) is 9.38. The molecule has 0 aromatic heterocycles. The number of hydrogen-bond acceptors (Lipinski definition) is 4. The fourth-order valence-electron chi connectivity index (χ4n) is 3.29. The third-order valence-electron chi connectivity index (χ3n) is 4.73. The van der Waals surface area contributed by atoms with Gasteiger partial charge in [0.15, 0.2) is 16.1 Å². The molecule has 0 fully saturated rings. The second-order valence-electron chi connectivity index (χ2n) is 7.42. The second kappa shape index (κ2) is 15.2. The number of rotatable bonds is 6. The predicted octanol–water partition coefficient (Wildman–Crippen LogP) is 3.09. The van der Waals surface area contributed by atoms with Crippen molar-refractivity contribution in [2.45, 2.75) is 13.8 Å². The Morgan fingerprint density at radius 3 is 0.829 bits per heavy atom. The van der Waals surface area contributed by atoms with Gasteiger partial charge in [-0.3, -0.25) is 0 Å². The van der Waals surface area contributed by atoms with Gasteiger partial charge in [-0.15, -0.1) is 9.53 Å². The number of benzene rings is 4. The maximum Gasteiger partial charge on any atom is 2.00 e. The molecule has 0 amide bonds. The van der Waals surface area contributed by atoms with Crippen molar-refractivity contribution >= 4 is 49.2 Å². The van der Waals surface area contributed by atoms with Crippen LogP contribution >= 0.6 is 16.1 Å². The van der Waals surface area contributed by atoms with E-state index in [9.17, 15) is 10.2 Å². The Labute approximate surface area is 220 Å². The SMILES string of the molecule is C/C([O-])=N/[PH+](c1ccccc1)c1ccccc1.C/C([O-])=N/[PH+](c1ccccc1)c1ccccc1.[Ni+2]. The Bertz CT molecular complexity index is 1010. The fraction of sp³-hybridized carbons (Fsp3) is 0.0714. The first-order chi connectivity index (χ1) is 16.5. The maximum atomic E-state index is 11.3. The molecule has 0 spiro atoms. The van der Waals surface area contributed by atoms with Crippen LogP contribution in [0.2, 0.25) is 0 Å². The minimum absolute atomic E-state index is 0. The first-order valence-electron chi connectivity index (χ1n) is 10.9. The van der Waals surface area contributed by atoms with Crippen LogP contribution in [0, 0.1) is 0 Å². The summed E-state index contributed by atoms with van der Waals surface area (Å²) in [6, 6.07) is 40.1. The Kier molecular flexibility index (Phi) is 12.4. The predicted molar refractivity (Wildman–Crippen MR) is 147 cm³/mol. The van der Waals surface area contributed by atoms with Gasteiger partial charge in [0.05, 0.1) is 0 Å². The summed E-state index contributed by atoms with van der Waals surface area (Å²) >= 11 is 0. The molecule has 7 heteroatoms. The standard InChI is InChI=1S/2C14H14NOP.Ni/c2*1-12(16)15-17(13-8-4-2-5-9-13)14-10-6-3-7-11-14;/h2*2-11H,1H3,(H,15,16);/q;;+2. The van der Waals surface area contributed by atoms with Crippen LogP contribution in [-0.2, 0) is 16.5 Å². The molecule has 35 heavy (non-hydrogen) atoms. The van der Waals surface area contributed by atoms with E-state index < -0.39 is 16.1 Å². The number of nitrogens with zero attached hydrogens (tertiary/aromatic N) is 2. The van der Waals surface area contributed by atoms with E-state index in [2.05, 4.69) is 9.53 Å². The van der Waals surface area contributed by atoms with E-state index in [4.69, 9.17) is 0 Å². The normalized spacial score (nSPS) is 11.4. The van der Waals surface area contributed by atoms with Crippen LogP contribution in [0.1, 0.15) is 13.8 Å². The second-order valence-corrected chi connectivity index (χ2v) is 11.6. The molecule has 180 valence electrons. The van der Waals surface area contributed by atoms with Crippen molar-refractivity contribution in [1.82, 2.24) is 0 Å². The van der Waals surface area contributed by atoms with Crippen LogP contribution in [0.4, 0.5) is 0 Å².